The summed E-state index contributed by atoms with van der Waals surface area (Å²) in [6.07, 6.45) is 6.14. The van der Waals surface area contributed by atoms with Crippen LogP contribution in [0.1, 0.15) is 62.1 Å². The van der Waals surface area contributed by atoms with Crippen molar-refractivity contribution in [1.82, 2.24) is 0 Å². The highest BCUT2D eigenvalue weighted by Crippen LogP contribution is 2.32. The number of rotatable bonds is 11. The van der Waals surface area contributed by atoms with E-state index in [1.165, 1.54) is 6.07 Å². The standard InChI is InChI=1S/C31H35FO4/c1-22(34)4-2-5-25-12-13-30(19-31(25)26-6-3-7-27(32)18-26)36-29-16-14-28(15-17-29)35-21-24-10-8-23(20-33)9-11-24/h3,6-13,18-19,28-29,33H,2,4-5,14-17,20-21H2,1H3. The van der Waals surface area contributed by atoms with E-state index in [-0.39, 0.29) is 30.4 Å². The number of hydrogen-bond donors (Lipinski definition) is 1. The molecule has 0 saturated heterocycles. The highest BCUT2D eigenvalue weighted by atomic mass is 19.1. The summed E-state index contributed by atoms with van der Waals surface area (Å²) in [7, 11) is 0. The Morgan fingerprint density at radius 1 is 0.944 bits per heavy atom. The highest BCUT2D eigenvalue weighted by molar-refractivity contribution is 5.75. The number of Topliss-reactive ketones (excluding diaryl/α,β-unsaturated/α-hetero) is 1. The average molecular weight is 491 g/mol. The second kappa shape index (κ2) is 12.8. The van der Waals surface area contributed by atoms with Crippen molar-refractivity contribution in [3.8, 4) is 16.9 Å². The molecule has 1 fully saturated rings. The van der Waals surface area contributed by atoms with E-state index in [0.717, 1.165) is 72.1 Å². The van der Waals surface area contributed by atoms with Gasteiger partial charge in [-0.05, 0) is 97.5 Å². The van der Waals surface area contributed by atoms with Gasteiger partial charge in [0.1, 0.15) is 17.3 Å². The van der Waals surface area contributed by atoms with E-state index in [1.54, 1.807) is 19.1 Å². The molecule has 4 nitrogen and oxygen atoms in total. The number of carbonyl (C=O) groups excluding carboxylic acids is 1. The van der Waals surface area contributed by atoms with Crippen LogP contribution in [0.15, 0.2) is 66.7 Å². The first-order valence-electron chi connectivity index (χ1n) is 12.9. The molecule has 0 atom stereocenters. The Balaban J connectivity index is 1.35. The predicted octanol–water partition coefficient (Wildman–Crippen LogP) is 6.80. The van der Waals surface area contributed by atoms with Gasteiger partial charge in [0.25, 0.3) is 0 Å². The Labute approximate surface area is 213 Å². The number of benzene rings is 3. The lowest BCUT2D eigenvalue weighted by molar-refractivity contribution is -0.117. The molecule has 0 bridgehead atoms. The van der Waals surface area contributed by atoms with Gasteiger partial charge in [0.15, 0.2) is 0 Å². The van der Waals surface area contributed by atoms with Crippen molar-refractivity contribution in [2.45, 2.75) is 77.3 Å². The summed E-state index contributed by atoms with van der Waals surface area (Å²) in [4.78, 5) is 11.4. The second-order valence-electron chi connectivity index (χ2n) is 9.69. The SMILES string of the molecule is CC(=O)CCCc1ccc(OC2CCC(OCc3ccc(CO)cc3)CC2)cc1-c1cccc(F)c1. The number of aryl methyl sites for hydroxylation is 1. The molecular weight excluding hydrogens is 455 g/mol. The fourth-order valence-electron chi connectivity index (χ4n) is 4.76. The molecule has 36 heavy (non-hydrogen) atoms. The molecule has 0 radical (unpaired) electrons. The zero-order valence-electron chi connectivity index (χ0n) is 20.9. The second-order valence-corrected chi connectivity index (χ2v) is 9.69. The summed E-state index contributed by atoms with van der Waals surface area (Å²) < 4.78 is 26.4. The third-order valence-electron chi connectivity index (χ3n) is 6.81. The average Bonchev–Trinajstić information content (AvgIpc) is 2.89. The maximum Gasteiger partial charge on any atom is 0.129 e. The molecule has 0 spiro atoms. The summed E-state index contributed by atoms with van der Waals surface area (Å²) in [5.41, 5.74) is 4.89. The van der Waals surface area contributed by atoms with E-state index in [0.29, 0.717) is 13.0 Å². The van der Waals surface area contributed by atoms with Crippen LogP contribution in [0.2, 0.25) is 0 Å². The van der Waals surface area contributed by atoms with Crippen LogP contribution in [-0.4, -0.2) is 23.1 Å². The predicted molar refractivity (Wildman–Crippen MR) is 139 cm³/mol. The minimum atomic E-state index is -0.267. The molecule has 4 rings (SSSR count). The van der Waals surface area contributed by atoms with E-state index in [1.807, 2.05) is 48.5 Å². The zero-order chi connectivity index (χ0) is 25.3. The number of carbonyl (C=O) groups is 1. The smallest absolute Gasteiger partial charge is 0.129 e. The van der Waals surface area contributed by atoms with Crippen molar-refractivity contribution in [3.05, 3.63) is 89.2 Å². The largest absolute Gasteiger partial charge is 0.490 e. The lowest BCUT2D eigenvalue weighted by Crippen LogP contribution is -2.28. The third-order valence-corrected chi connectivity index (χ3v) is 6.81. The first kappa shape index (κ1) is 26.1. The molecule has 0 unspecified atom stereocenters. The van der Waals surface area contributed by atoms with Crippen LogP contribution in [0.5, 0.6) is 5.75 Å². The van der Waals surface area contributed by atoms with Gasteiger partial charge in [0.2, 0.25) is 0 Å². The van der Waals surface area contributed by atoms with Crippen LogP contribution >= 0.6 is 0 Å². The van der Waals surface area contributed by atoms with Gasteiger partial charge < -0.3 is 19.4 Å². The normalized spacial score (nSPS) is 17.6. The van der Waals surface area contributed by atoms with Crippen LogP contribution in [-0.2, 0) is 29.2 Å². The van der Waals surface area contributed by atoms with Crippen molar-refractivity contribution in [1.29, 1.82) is 0 Å². The van der Waals surface area contributed by atoms with Crippen molar-refractivity contribution < 1.29 is 23.8 Å². The van der Waals surface area contributed by atoms with Gasteiger partial charge in [0.05, 0.1) is 25.4 Å². The molecule has 3 aromatic rings. The highest BCUT2D eigenvalue weighted by Gasteiger charge is 2.23. The van der Waals surface area contributed by atoms with Crippen LogP contribution in [0.25, 0.3) is 11.1 Å². The van der Waals surface area contributed by atoms with Crippen molar-refractivity contribution >= 4 is 5.78 Å². The van der Waals surface area contributed by atoms with Crippen molar-refractivity contribution in [2.24, 2.45) is 0 Å². The monoisotopic (exact) mass is 490 g/mol. The van der Waals surface area contributed by atoms with Crippen molar-refractivity contribution in [3.63, 3.8) is 0 Å². The van der Waals surface area contributed by atoms with Gasteiger partial charge in [-0.25, -0.2) is 4.39 Å². The van der Waals surface area contributed by atoms with Gasteiger partial charge in [0, 0.05) is 6.42 Å². The lowest BCUT2D eigenvalue weighted by Gasteiger charge is -2.29. The van der Waals surface area contributed by atoms with Gasteiger partial charge in [-0.3, -0.25) is 0 Å². The van der Waals surface area contributed by atoms with Gasteiger partial charge in [-0.2, -0.15) is 0 Å². The molecule has 0 heterocycles. The maximum atomic E-state index is 14.0. The fourth-order valence-corrected chi connectivity index (χ4v) is 4.76. The Morgan fingerprint density at radius 2 is 1.67 bits per heavy atom. The number of ether oxygens (including phenoxy) is 2. The molecule has 1 aliphatic rings. The zero-order valence-corrected chi connectivity index (χ0v) is 20.9. The molecular formula is C31H35FO4. The molecule has 5 heteroatoms. The minimum Gasteiger partial charge on any atom is -0.490 e. The molecule has 190 valence electrons. The quantitative estimate of drug-likeness (QED) is 0.321. The number of halogens is 1. The Hall–Kier alpha value is -3.02. The van der Waals surface area contributed by atoms with Crippen LogP contribution in [0.4, 0.5) is 4.39 Å². The summed E-state index contributed by atoms with van der Waals surface area (Å²) in [5, 5.41) is 9.17. The minimum absolute atomic E-state index is 0.0530. The van der Waals surface area contributed by atoms with Crippen LogP contribution in [0, 0.1) is 5.82 Å². The van der Waals surface area contributed by atoms with Crippen molar-refractivity contribution in [2.75, 3.05) is 0 Å². The van der Waals surface area contributed by atoms with Gasteiger partial charge >= 0.3 is 0 Å². The molecule has 0 aliphatic heterocycles. The first-order valence-corrected chi connectivity index (χ1v) is 12.9. The third kappa shape index (κ3) is 7.49. The molecule has 1 saturated carbocycles. The first-order chi connectivity index (χ1) is 17.5. The van der Waals surface area contributed by atoms with Gasteiger partial charge in [-0.15, -0.1) is 0 Å². The van der Waals surface area contributed by atoms with E-state index < -0.39 is 0 Å². The van der Waals surface area contributed by atoms with Gasteiger partial charge in [-0.1, -0.05) is 42.5 Å². The Kier molecular flexibility index (Phi) is 9.26. The van der Waals surface area contributed by atoms with E-state index >= 15 is 0 Å². The number of ketones is 1. The fraction of sp³-hybridized carbons (Fsp3) is 0.387. The molecule has 1 N–H and O–H groups in total. The van der Waals surface area contributed by atoms with E-state index in [4.69, 9.17) is 9.47 Å². The summed E-state index contributed by atoms with van der Waals surface area (Å²) in [6.45, 7) is 2.24. The van der Waals surface area contributed by atoms with Crippen LogP contribution < -0.4 is 4.74 Å². The lowest BCUT2D eigenvalue weighted by atomic mass is 9.94. The topological polar surface area (TPSA) is 55.8 Å². The van der Waals surface area contributed by atoms with Crippen LogP contribution in [0.3, 0.4) is 0 Å². The number of hydrogen-bond acceptors (Lipinski definition) is 4. The molecule has 3 aromatic carbocycles. The Bertz CT molecular complexity index is 1130. The summed E-state index contributed by atoms with van der Waals surface area (Å²) in [6, 6.07) is 20.5. The summed E-state index contributed by atoms with van der Waals surface area (Å²) >= 11 is 0. The number of aliphatic hydroxyl groups excluding tert-OH is 1. The number of aliphatic hydroxyl groups is 1. The maximum absolute atomic E-state index is 14.0. The van der Waals surface area contributed by atoms with E-state index in [2.05, 4.69) is 0 Å². The van der Waals surface area contributed by atoms with E-state index in [9.17, 15) is 14.3 Å². The Morgan fingerprint density at radius 3 is 2.36 bits per heavy atom. The molecule has 0 aromatic heterocycles. The summed E-state index contributed by atoms with van der Waals surface area (Å²) in [5.74, 6) is 0.704. The molecule has 1 aliphatic carbocycles. The molecule has 0 amide bonds.